The molecule has 0 unspecified atom stereocenters. The van der Waals surface area contributed by atoms with Gasteiger partial charge in [0.2, 0.25) is 0 Å². The molecule has 0 atom stereocenters. The van der Waals surface area contributed by atoms with Crippen LogP contribution in [-0.4, -0.2) is 15.9 Å². The van der Waals surface area contributed by atoms with E-state index in [9.17, 15) is 13.2 Å². The van der Waals surface area contributed by atoms with Crippen LogP contribution in [0.2, 0.25) is 0 Å². The third-order valence-electron chi connectivity index (χ3n) is 3.14. The van der Waals surface area contributed by atoms with Gasteiger partial charge in [-0.2, -0.15) is 0 Å². The zero-order valence-electron chi connectivity index (χ0n) is 11.1. The van der Waals surface area contributed by atoms with Crippen LogP contribution in [0.4, 0.5) is 24.5 Å². The Hall–Kier alpha value is -2.90. The van der Waals surface area contributed by atoms with E-state index in [1.165, 1.54) is 30.6 Å². The first-order valence-electron chi connectivity index (χ1n) is 6.22. The second-order valence-electron chi connectivity index (χ2n) is 4.59. The molecule has 3 aromatic rings. The van der Waals surface area contributed by atoms with Gasteiger partial charge in [-0.15, -0.1) is 13.2 Å². The normalized spacial score (nSPS) is 11.8. The number of hydrogen-bond donors (Lipinski definition) is 2. The Labute approximate surface area is 122 Å². The van der Waals surface area contributed by atoms with Crippen molar-refractivity contribution in [2.24, 2.45) is 0 Å². The van der Waals surface area contributed by atoms with Gasteiger partial charge in [0.1, 0.15) is 17.6 Å². The van der Waals surface area contributed by atoms with Crippen molar-refractivity contribution >= 4 is 22.4 Å². The molecule has 0 fully saturated rings. The molecule has 0 saturated carbocycles. The molecule has 0 aliphatic carbocycles. The first kappa shape index (κ1) is 14.1. The lowest BCUT2D eigenvalue weighted by Gasteiger charge is -2.10. The standard InChI is InChI=1S/C14H11F3N4O/c15-14(16,17)22-9-3-1-8(2-4-9)21-7-20-13-11(21)6-5-10(18)12(13)19/h1-7H,18-19H2. The van der Waals surface area contributed by atoms with Gasteiger partial charge in [0.05, 0.1) is 16.9 Å². The maximum Gasteiger partial charge on any atom is 0.573 e. The van der Waals surface area contributed by atoms with Crippen molar-refractivity contribution in [3.8, 4) is 11.4 Å². The van der Waals surface area contributed by atoms with Crippen LogP contribution in [0.5, 0.6) is 5.75 Å². The van der Waals surface area contributed by atoms with Gasteiger partial charge in [0.15, 0.2) is 0 Å². The van der Waals surface area contributed by atoms with Gasteiger partial charge in [-0.3, -0.25) is 4.57 Å². The predicted molar refractivity (Wildman–Crippen MR) is 76.6 cm³/mol. The lowest BCUT2D eigenvalue weighted by Crippen LogP contribution is -2.17. The van der Waals surface area contributed by atoms with Gasteiger partial charge in [-0.05, 0) is 36.4 Å². The molecule has 1 heterocycles. The minimum Gasteiger partial charge on any atom is -0.406 e. The number of benzene rings is 2. The number of rotatable bonds is 2. The van der Waals surface area contributed by atoms with Crippen LogP contribution < -0.4 is 16.2 Å². The minimum absolute atomic E-state index is 0.288. The fraction of sp³-hybridized carbons (Fsp3) is 0.0714. The van der Waals surface area contributed by atoms with E-state index in [1.807, 2.05) is 0 Å². The van der Waals surface area contributed by atoms with Crippen LogP contribution in [0.1, 0.15) is 0 Å². The van der Waals surface area contributed by atoms with Gasteiger partial charge in [0.25, 0.3) is 0 Å². The van der Waals surface area contributed by atoms with E-state index in [0.29, 0.717) is 28.1 Å². The lowest BCUT2D eigenvalue weighted by molar-refractivity contribution is -0.274. The molecule has 3 rings (SSSR count). The summed E-state index contributed by atoms with van der Waals surface area (Å²) >= 11 is 0. The zero-order valence-corrected chi connectivity index (χ0v) is 11.1. The van der Waals surface area contributed by atoms with Crippen LogP contribution >= 0.6 is 0 Å². The van der Waals surface area contributed by atoms with E-state index < -0.39 is 6.36 Å². The smallest absolute Gasteiger partial charge is 0.406 e. The number of nitrogens with zero attached hydrogens (tertiary/aromatic N) is 2. The molecule has 0 saturated heterocycles. The van der Waals surface area contributed by atoms with Gasteiger partial charge >= 0.3 is 6.36 Å². The van der Waals surface area contributed by atoms with Gasteiger partial charge in [-0.1, -0.05) is 0 Å². The number of anilines is 2. The highest BCUT2D eigenvalue weighted by Crippen LogP contribution is 2.28. The van der Waals surface area contributed by atoms with Crippen LogP contribution in [0.15, 0.2) is 42.7 Å². The molecule has 0 amide bonds. The van der Waals surface area contributed by atoms with Crippen LogP contribution in [0, 0.1) is 0 Å². The topological polar surface area (TPSA) is 79.1 Å². The fourth-order valence-corrected chi connectivity index (χ4v) is 2.13. The van der Waals surface area contributed by atoms with Crippen molar-refractivity contribution < 1.29 is 17.9 Å². The quantitative estimate of drug-likeness (QED) is 0.713. The van der Waals surface area contributed by atoms with E-state index in [-0.39, 0.29) is 5.75 Å². The molecule has 0 radical (unpaired) electrons. The predicted octanol–water partition coefficient (Wildman–Crippen LogP) is 3.09. The third-order valence-corrected chi connectivity index (χ3v) is 3.14. The van der Waals surface area contributed by atoms with E-state index in [4.69, 9.17) is 11.5 Å². The summed E-state index contributed by atoms with van der Waals surface area (Å²) in [5.74, 6) is -0.288. The maximum absolute atomic E-state index is 12.1. The minimum atomic E-state index is -4.71. The summed E-state index contributed by atoms with van der Waals surface area (Å²) in [4.78, 5) is 4.18. The highest BCUT2D eigenvalue weighted by atomic mass is 19.4. The first-order chi connectivity index (χ1) is 10.3. The van der Waals surface area contributed by atoms with Crippen LogP contribution in [0.3, 0.4) is 0 Å². The van der Waals surface area contributed by atoms with Gasteiger partial charge < -0.3 is 16.2 Å². The number of aromatic nitrogens is 2. The molecule has 114 valence electrons. The van der Waals surface area contributed by atoms with Gasteiger partial charge in [0, 0.05) is 5.69 Å². The van der Waals surface area contributed by atoms with Crippen molar-refractivity contribution in [3.63, 3.8) is 0 Å². The summed E-state index contributed by atoms with van der Waals surface area (Å²) in [7, 11) is 0. The average molecular weight is 308 g/mol. The molecule has 2 aromatic carbocycles. The van der Waals surface area contributed by atoms with Crippen LogP contribution in [-0.2, 0) is 0 Å². The Morgan fingerprint density at radius 3 is 2.32 bits per heavy atom. The second kappa shape index (κ2) is 4.83. The summed E-state index contributed by atoms with van der Waals surface area (Å²) < 4.78 is 42.0. The van der Waals surface area contributed by atoms with E-state index in [2.05, 4.69) is 9.72 Å². The Balaban J connectivity index is 2.00. The lowest BCUT2D eigenvalue weighted by atomic mass is 10.2. The number of ether oxygens (including phenoxy) is 1. The number of hydrogen-bond acceptors (Lipinski definition) is 4. The largest absolute Gasteiger partial charge is 0.573 e. The number of fused-ring (bicyclic) bond motifs is 1. The molecule has 0 aliphatic rings. The average Bonchev–Trinajstić information content (AvgIpc) is 2.87. The molecule has 0 aliphatic heterocycles. The van der Waals surface area contributed by atoms with Crippen molar-refractivity contribution in [1.29, 1.82) is 0 Å². The summed E-state index contributed by atoms with van der Waals surface area (Å²) in [5, 5.41) is 0. The maximum atomic E-state index is 12.1. The Bertz CT molecular complexity index is 824. The SMILES string of the molecule is Nc1ccc2c(ncn2-c2ccc(OC(F)(F)F)cc2)c1N. The van der Waals surface area contributed by atoms with E-state index in [0.717, 1.165) is 0 Å². The summed E-state index contributed by atoms with van der Waals surface area (Å²) in [6, 6.07) is 8.85. The second-order valence-corrected chi connectivity index (χ2v) is 4.59. The summed E-state index contributed by atoms with van der Waals surface area (Å²) in [6.07, 6.45) is -3.19. The molecular weight excluding hydrogens is 297 g/mol. The third kappa shape index (κ3) is 2.50. The molecule has 8 heteroatoms. The molecule has 4 N–H and O–H groups in total. The zero-order chi connectivity index (χ0) is 15.9. The Morgan fingerprint density at radius 2 is 1.68 bits per heavy atom. The number of nitrogens with two attached hydrogens (primary N) is 2. The number of nitrogen functional groups attached to an aromatic ring is 2. The first-order valence-corrected chi connectivity index (χ1v) is 6.22. The monoisotopic (exact) mass is 308 g/mol. The van der Waals surface area contributed by atoms with Gasteiger partial charge in [-0.25, -0.2) is 4.98 Å². The fourth-order valence-electron chi connectivity index (χ4n) is 2.13. The number of alkyl halides is 3. The number of imidazole rings is 1. The molecular formula is C14H11F3N4O. The number of halogens is 3. The summed E-state index contributed by atoms with van der Waals surface area (Å²) in [6.45, 7) is 0. The molecule has 0 spiro atoms. The van der Waals surface area contributed by atoms with Crippen molar-refractivity contribution in [2.45, 2.75) is 6.36 Å². The Kier molecular flexibility index (Phi) is 3.09. The highest BCUT2D eigenvalue weighted by molar-refractivity contribution is 5.94. The summed E-state index contributed by atoms with van der Waals surface area (Å²) in [5.41, 5.74) is 14.2. The van der Waals surface area contributed by atoms with Crippen molar-refractivity contribution in [3.05, 3.63) is 42.7 Å². The van der Waals surface area contributed by atoms with Crippen molar-refractivity contribution in [1.82, 2.24) is 9.55 Å². The molecule has 22 heavy (non-hydrogen) atoms. The van der Waals surface area contributed by atoms with E-state index >= 15 is 0 Å². The van der Waals surface area contributed by atoms with E-state index in [1.54, 1.807) is 16.7 Å². The Morgan fingerprint density at radius 1 is 1.00 bits per heavy atom. The highest BCUT2D eigenvalue weighted by Gasteiger charge is 2.30. The van der Waals surface area contributed by atoms with Crippen molar-refractivity contribution in [2.75, 3.05) is 11.5 Å². The molecule has 1 aromatic heterocycles. The molecule has 5 nitrogen and oxygen atoms in total. The van der Waals surface area contributed by atoms with Crippen LogP contribution in [0.25, 0.3) is 16.7 Å². The molecule has 0 bridgehead atoms.